The van der Waals surface area contributed by atoms with Crippen molar-refractivity contribution in [1.29, 1.82) is 0 Å². The SMILES string of the molecule is O=C(NCc1ccc(N2CCCCCC2)nc1)N1CCN(c2ncccn2)CC1. The number of rotatable bonds is 4. The van der Waals surface area contributed by atoms with Crippen molar-refractivity contribution < 1.29 is 4.79 Å². The monoisotopic (exact) mass is 395 g/mol. The molecule has 0 unspecified atom stereocenters. The average molecular weight is 396 g/mol. The van der Waals surface area contributed by atoms with E-state index in [-0.39, 0.29) is 6.03 Å². The topological polar surface area (TPSA) is 77.5 Å². The molecule has 2 aliphatic heterocycles. The molecule has 4 heterocycles. The quantitative estimate of drug-likeness (QED) is 0.856. The summed E-state index contributed by atoms with van der Waals surface area (Å²) in [6.07, 6.45) is 10.5. The van der Waals surface area contributed by atoms with Crippen molar-refractivity contribution in [3.05, 3.63) is 42.4 Å². The highest BCUT2D eigenvalue weighted by Crippen LogP contribution is 2.17. The minimum absolute atomic E-state index is 0.0322. The van der Waals surface area contributed by atoms with Gasteiger partial charge in [-0.2, -0.15) is 0 Å². The summed E-state index contributed by atoms with van der Waals surface area (Å²) in [5, 5.41) is 3.02. The lowest BCUT2D eigenvalue weighted by Gasteiger charge is -2.34. The molecule has 0 spiro atoms. The number of urea groups is 1. The molecule has 2 aromatic rings. The third-order valence-electron chi connectivity index (χ3n) is 5.58. The summed E-state index contributed by atoms with van der Waals surface area (Å²) in [6, 6.07) is 5.92. The van der Waals surface area contributed by atoms with Crippen LogP contribution in [0.1, 0.15) is 31.2 Å². The zero-order valence-electron chi connectivity index (χ0n) is 16.8. The maximum Gasteiger partial charge on any atom is 0.317 e. The van der Waals surface area contributed by atoms with Crippen LogP contribution in [0.3, 0.4) is 0 Å². The first-order valence-corrected chi connectivity index (χ1v) is 10.5. The van der Waals surface area contributed by atoms with Gasteiger partial charge in [0, 0.05) is 64.4 Å². The second kappa shape index (κ2) is 9.54. The van der Waals surface area contributed by atoms with Crippen LogP contribution >= 0.6 is 0 Å². The average Bonchev–Trinajstić information content (AvgIpc) is 3.08. The van der Waals surface area contributed by atoms with Gasteiger partial charge in [0.05, 0.1) is 0 Å². The van der Waals surface area contributed by atoms with Gasteiger partial charge in [0.15, 0.2) is 0 Å². The van der Waals surface area contributed by atoms with Crippen molar-refractivity contribution in [3.63, 3.8) is 0 Å². The molecule has 2 amide bonds. The van der Waals surface area contributed by atoms with E-state index in [1.54, 1.807) is 12.4 Å². The Labute approximate surface area is 172 Å². The van der Waals surface area contributed by atoms with Gasteiger partial charge in [-0.1, -0.05) is 18.9 Å². The van der Waals surface area contributed by atoms with Gasteiger partial charge >= 0.3 is 6.03 Å². The first-order valence-electron chi connectivity index (χ1n) is 10.5. The molecule has 0 aliphatic carbocycles. The van der Waals surface area contributed by atoms with Crippen molar-refractivity contribution >= 4 is 17.8 Å². The summed E-state index contributed by atoms with van der Waals surface area (Å²) in [5.74, 6) is 1.77. The van der Waals surface area contributed by atoms with E-state index in [2.05, 4.69) is 42.2 Å². The molecular weight excluding hydrogens is 366 g/mol. The van der Waals surface area contributed by atoms with Crippen LogP contribution in [-0.4, -0.2) is 65.2 Å². The molecule has 0 atom stereocenters. The second-order valence-corrected chi connectivity index (χ2v) is 7.61. The second-order valence-electron chi connectivity index (χ2n) is 7.61. The van der Waals surface area contributed by atoms with Crippen molar-refractivity contribution in [3.8, 4) is 0 Å². The van der Waals surface area contributed by atoms with Crippen LogP contribution in [0.5, 0.6) is 0 Å². The summed E-state index contributed by atoms with van der Waals surface area (Å²) in [5.41, 5.74) is 1.02. The van der Waals surface area contributed by atoms with Crippen molar-refractivity contribution in [2.24, 2.45) is 0 Å². The number of carbonyl (C=O) groups is 1. The first kappa shape index (κ1) is 19.4. The summed E-state index contributed by atoms with van der Waals surface area (Å²) >= 11 is 0. The van der Waals surface area contributed by atoms with E-state index in [0.717, 1.165) is 43.5 Å². The summed E-state index contributed by atoms with van der Waals surface area (Å²) in [4.78, 5) is 32.0. The predicted octanol–water partition coefficient (Wildman–Crippen LogP) is 2.28. The molecule has 8 nitrogen and oxygen atoms in total. The minimum Gasteiger partial charge on any atom is -0.357 e. The first-order chi connectivity index (χ1) is 14.3. The van der Waals surface area contributed by atoms with E-state index >= 15 is 0 Å². The molecule has 2 saturated heterocycles. The molecule has 29 heavy (non-hydrogen) atoms. The fraction of sp³-hybridized carbons (Fsp3) is 0.524. The third-order valence-corrected chi connectivity index (χ3v) is 5.58. The highest BCUT2D eigenvalue weighted by atomic mass is 16.2. The van der Waals surface area contributed by atoms with Crippen molar-refractivity contribution in [2.45, 2.75) is 32.2 Å². The lowest BCUT2D eigenvalue weighted by Crippen LogP contribution is -2.52. The zero-order valence-corrected chi connectivity index (χ0v) is 16.8. The molecule has 1 N–H and O–H groups in total. The number of aromatic nitrogens is 3. The Hall–Kier alpha value is -2.90. The Bertz CT molecular complexity index is 767. The molecule has 2 aromatic heterocycles. The lowest BCUT2D eigenvalue weighted by molar-refractivity contribution is 0.193. The summed E-state index contributed by atoms with van der Waals surface area (Å²) < 4.78 is 0. The fourth-order valence-corrected chi connectivity index (χ4v) is 3.86. The van der Waals surface area contributed by atoms with E-state index in [1.165, 1.54) is 25.7 Å². The van der Waals surface area contributed by atoms with Crippen LogP contribution in [0, 0.1) is 0 Å². The predicted molar refractivity (Wildman–Crippen MR) is 113 cm³/mol. The van der Waals surface area contributed by atoms with E-state index in [1.807, 2.05) is 17.2 Å². The van der Waals surface area contributed by atoms with Crippen LogP contribution in [-0.2, 0) is 6.54 Å². The van der Waals surface area contributed by atoms with Gasteiger partial charge in [0.25, 0.3) is 0 Å². The molecule has 4 rings (SSSR count). The molecule has 2 aliphatic rings. The van der Waals surface area contributed by atoms with Crippen molar-refractivity contribution in [1.82, 2.24) is 25.2 Å². The number of pyridine rings is 1. The fourth-order valence-electron chi connectivity index (χ4n) is 3.86. The number of amides is 2. The van der Waals surface area contributed by atoms with E-state index < -0.39 is 0 Å². The van der Waals surface area contributed by atoms with Crippen LogP contribution in [0.2, 0.25) is 0 Å². The largest absolute Gasteiger partial charge is 0.357 e. The van der Waals surface area contributed by atoms with Crippen LogP contribution in [0.4, 0.5) is 16.6 Å². The molecule has 0 saturated carbocycles. The highest BCUT2D eigenvalue weighted by molar-refractivity contribution is 5.74. The molecule has 2 fully saturated rings. The molecule has 154 valence electrons. The van der Waals surface area contributed by atoms with E-state index in [4.69, 9.17) is 0 Å². The number of anilines is 2. The Balaban J connectivity index is 1.23. The van der Waals surface area contributed by atoms with Gasteiger partial charge in [-0.05, 0) is 30.5 Å². The number of nitrogens with one attached hydrogen (secondary N) is 1. The van der Waals surface area contributed by atoms with Gasteiger partial charge in [-0.25, -0.2) is 19.7 Å². The Morgan fingerprint density at radius 2 is 1.59 bits per heavy atom. The number of carbonyl (C=O) groups excluding carboxylic acids is 1. The highest BCUT2D eigenvalue weighted by Gasteiger charge is 2.22. The lowest BCUT2D eigenvalue weighted by atomic mass is 10.2. The molecule has 0 bridgehead atoms. The smallest absolute Gasteiger partial charge is 0.317 e. The summed E-state index contributed by atoms with van der Waals surface area (Å²) in [6.45, 7) is 5.47. The molecule has 0 aromatic carbocycles. The number of hydrogen-bond acceptors (Lipinski definition) is 6. The maximum atomic E-state index is 12.5. The number of nitrogens with zero attached hydrogens (tertiary/aromatic N) is 6. The normalized spacial score (nSPS) is 17.7. The zero-order chi connectivity index (χ0) is 19.9. The van der Waals surface area contributed by atoms with Gasteiger partial charge < -0.3 is 20.0 Å². The number of piperazine rings is 1. The molecule has 0 radical (unpaired) electrons. The minimum atomic E-state index is -0.0322. The van der Waals surface area contributed by atoms with Crippen molar-refractivity contribution in [2.75, 3.05) is 49.1 Å². The Morgan fingerprint density at radius 1 is 0.862 bits per heavy atom. The van der Waals surface area contributed by atoms with Crippen LogP contribution in [0.25, 0.3) is 0 Å². The van der Waals surface area contributed by atoms with Gasteiger partial charge in [0.1, 0.15) is 5.82 Å². The van der Waals surface area contributed by atoms with E-state index in [0.29, 0.717) is 19.6 Å². The molecular formula is C21H29N7O. The summed E-state index contributed by atoms with van der Waals surface area (Å²) in [7, 11) is 0. The number of hydrogen-bond donors (Lipinski definition) is 1. The van der Waals surface area contributed by atoms with E-state index in [9.17, 15) is 4.79 Å². The third kappa shape index (κ3) is 5.13. The van der Waals surface area contributed by atoms with Gasteiger partial charge in [-0.3, -0.25) is 0 Å². The maximum absolute atomic E-state index is 12.5. The standard InChI is InChI=1S/C21H29N7O/c29-21(28-14-12-27(13-15-28)20-22-8-5-9-23-20)25-17-18-6-7-19(24-16-18)26-10-3-1-2-4-11-26/h5-9,16H,1-4,10-15,17H2,(H,25,29). The van der Waals surface area contributed by atoms with Crippen LogP contribution in [0.15, 0.2) is 36.8 Å². The Morgan fingerprint density at radius 3 is 2.24 bits per heavy atom. The Kier molecular flexibility index (Phi) is 6.38. The molecule has 8 heteroatoms. The van der Waals surface area contributed by atoms with Gasteiger partial charge in [-0.15, -0.1) is 0 Å². The van der Waals surface area contributed by atoms with Gasteiger partial charge in [0.2, 0.25) is 5.95 Å². The van der Waals surface area contributed by atoms with Crippen LogP contribution < -0.4 is 15.1 Å².